The van der Waals surface area contributed by atoms with Gasteiger partial charge in [-0.2, -0.15) is 4.58 Å². The van der Waals surface area contributed by atoms with Crippen molar-refractivity contribution in [1.29, 1.82) is 0 Å². The van der Waals surface area contributed by atoms with Gasteiger partial charge < -0.3 is 10.1 Å². The molecule has 29 heavy (non-hydrogen) atoms. The molecule has 0 spiro atoms. The fourth-order valence-electron chi connectivity index (χ4n) is 4.14. The van der Waals surface area contributed by atoms with Crippen molar-refractivity contribution in [3.8, 4) is 0 Å². The van der Waals surface area contributed by atoms with Crippen molar-refractivity contribution >= 4 is 23.6 Å². The van der Waals surface area contributed by atoms with Gasteiger partial charge in [-0.05, 0) is 48.6 Å². The standard InChI is InChI=1S/C24H26N2O3/c1-16-7-3-4-8-19(16)25-23(27)18-13-11-17(12-14-18)15-22-24(28)26(2)20-9-5-6-10-21(20)29-22/h5-6,9-16,19,21H,3-4,7-8H2,1-2H3/p+1/b22-15-. The lowest BCUT2D eigenvalue weighted by Crippen LogP contribution is -2.41. The van der Waals surface area contributed by atoms with Gasteiger partial charge in [-0.1, -0.05) is 44.1 Å². The number of nitrogens with zero attached hydrogens (tertiary/aromatic N) is 1. The summed E-state index contributed by atoms with van der Waals surface area (Å²) in [7, 11) is 1.75. The van der Waals surface area contributed by atoms with Crippen LogP contribution in [0.25, 0.3) is 6.08 Å². The molecule has 4 rings (SSSR count). The third kappa shape index (κ3) is 4.09. The molecule has 5 heteroatoms. The van der Waals surface area contributed by atoms with E-state index in [1.165, 1.54) is 19.3 Å². The van der Waals surface area contributed by atoms with Gasteiger partial charge in [-0.25, -0.2) is 4.79 Å². The SMILES string of the molecule is CC1CCCCC1NC(=O)c1ccc(/C=C2\OC3C=CC=CC3=[N+](C)C2=O)cc1. The Morgan fingerprint density at radius 2 is 1.93 bits per heavy atom. The van der Waals surface area contributed by atoms with Crippen LogP contribution in [0.2, 0.25) is 0 Å². The molecule has 1 fully saturated rings. The number of rotatable bonds is 3. The topological polar surface area (TPSA) is 58.4 Å². The van der Waals surface area contributed by atoms with E-state index >= 15 is 0 Å². The van der Waals surface area contributed by atoms with E-state index in [4.69, 9.17) is 4.74 Å². The summed E-state index contributed by atoms with van der Waals surface area (Å²) in [5.74, 6) is 0.610. The predicted molar refractivity (Wildman–Crippen MR) is 113 cm³/mol. The number of benzene rings is 1. The van der Waals surface area contributed by atoms with E-state index < -0.39 is 0 Å². The van der Waals surface area contributed by atoms with Gasteiger partial charge in [-0.3, -0.25) is 4.79 Å². The number of ether oxygens (including phenoxy) is 1. The Morgan fingerprint density at radius 1 is 1.17 bits per heavy atom. The van der Waals surface area contributed by atoms with Crippen molar-refractivity contribution in [2.45, 2.75) is 44.8 Å². The lowest BCUT2D eigenvalue weighted by Gasteiger charge is -2.29. The smallest absolute Gasteiger partial charge is 0.454 e. The summed E-state index contributed by atoms with van der Waals surface area (Å²) < 4.78 is 7.50. The molecule has 0 saturated heterocycles. The van der Waals surface area contributed by atoms with Gasteiger partial charge in [0.05, 0.1) is 0 Å². The molecule has 3 atom stereocenters. The Labute approximate surface area is 171 Å². The first-order chi connectivity index (χ1) is 14.0. The molecule has 1 N–H and O–H groups in total. The van der Waals surface area contributed by atoms with Gasteiger partial charge in [-0.15, -0.1) is 0 Å². The van der Waals surface area contributed by atoms with Crippen LogP contribution < -0.4 is 5.32 Å². The Morgan fingerprint density at radius 3 is 2.69 bits per heavy atom. The Hall–Kier alpha value is -2.95. The van der Waals surface area contributed by atoms with E-state index in [0.717, 1.165) is 17.7 Å². The normalized spacial score (nSPS) is 27.6. The number of nitrogens with one attached hydrogen (secondary N) is 1. The maximum absolute atomic E-state index is 12.6. The lowest BCUT2D eigenvalue weighted by molar-refractivity contribution is -0.424. The first-order valence-corrected chi connectivity index (χ1v) is 10.3. The van der Waals surface area contributed by atoms with E-state index in [-0.39, 0.29) is 24.0 Å². The number of fused-ring (bicyclic) bond motifs is 1. The molecule has 0 radical (unpaired) electrons. The number of allylic oxidation sites excluding steroid dienone is 2. The van der Waals surface area contributed by atoms with E-state index in [9.17, 15) is 9.59 Å². The molecule has 1 aliphatic heterocycles. The molecule has 1 aromatic carbocycles. The van der Waals surface area contributed by atoms with Gasteiger partial charge in [0, 0.05) is 17.7 Å². The van der Waals surface area contributed by atoms with E-state index in [1.54, 1.807) is 29.8 Å². The van der Waals surface area contributed by atoms with Crippen LogP contribution in [-0.2, 0) is 9.53 Å². The lowest BCUT2D eigenvalue weighted by atomic mass is 9.86. The summed E-state index contributed by atoms with van der Waals surface area (Å²) in [6.07, 6.45) is 13.7. The van der Waals surface area contributed by atoms with Crippen molar-refractivity contribution < 1.29 is 18.9 Å². The molecule has 3 aliphatic rings. The van der Waals surface area contributed by atoms with E-state index in [2.05, 4.69) is 12.2 Å². The number of carbonyl (C=O) groups excluding carboxylic acids is 2. The largest absolute Gasteiger partial charge is 0.465 e. The molecule has 3 unspecified atom stereocenters. The first kappa shape index (κ1) is 19.4. The average Bonchev–Trinajstić information content (AvgIpc) is 2.74. The number of carbonyl (C=O) groups is 2. The van der Waals surface area contributed by atoms with Crippen LogP contribution in [0.1, 0.15) is 48.5 Å². The Kier molecular flexibility index (Phi) is 5.47. The molecule has 1 heterocycles. The minimum Gasteiger partial charge on any atom is -0.465 e. The fraction of sp³-hybridized carbons (Fsp3) is 0.375. The van der Waals surface area contributed by atoms with Gasteiger partial charge in [0.15, 0.2) is 0 Å². The summed E-state index contributed by atoms with van der Waals surface area (Å²) in [4.78, 5) is 25.2. The van der Waals surface area contributed by atoms with E-state index in [0.29, 0.717) is 17.2 Å². The number of hydrogen-bond donors (Lipinski definition) is 1. The monoisotopic (exact) mass is 391 g/mol. The molecule has 2 aliphatic carbocycles. The molecule has 1 aromatic rings. The molecule has 2 amide bonds. The van der Waals surface area contributed by atoms with Crippen LogP contribution in [0.3, 0.4) is 0 Å². The van der Waals surface area contributed by atoms with Gasteiger partial charge >= 0.3 is 5.91 Å². The highest BCUT2D eigenvalue weighted by molar-refractivity contribution is 6.05. The maximum atomic E-state index is 12.6. The molecule has 0 bridgehead atoms. The third-order valence-electron chi connectivity index (χ3n) is 6.01. The average molecular weight is 391 g/mol. The van der Waals surface area contributed by atoms with Crippen molar-refractivity contribution in [1.82, 2.24) is 5.32 Å². The summed E-state index contributed by atoms with van der Waals surface area (Å²) in [6, 6.07) is 7.54. The minimum atomic E-state index is -0.253. The number of likely N-dealkylation sites (N-methyl/N-ethyl adjacent to an activating group) is 1. The van der Waals surface area contributed by atoms with Gasteiger partial charge in [0.2, 0.25) is 17.6 Å². The van der Waals surface area contributed by atoms with Crippen LogP contribution in [-0.4, -0.2) is 41.3 Å². The van der Waals surface area contributed by atoms with Crippen LogP contribution >= 0.6 is 0 Å². The second kappa shape index (κ2) is 8.19. The zero-order valence-corrected chi connectivity index (χ0v) is 16.9. The number of hydrogen-bond acceptors (Lipinski definition) is 3. The molecule has 1 saturated carbocycles. The van der Waals surface area contributed by atoms with Crippen LogP contribution in [0.4, 0.5) is 0 Å². The molecule has 150 valence electrons. The molecule has 0 aromatic heterocycles. The van der Waals surface area contributed by atoms with Crippen molar-refractivity contribution in [3.05, 3.63) is 65.5 Å². The molecular formula is C24H27N2O3+. The summed E-state index contributed by atoms with van der Waals surface area (Å²) in [5.41, 5.74) is 2.29. The second-order valence-electron chi connectivity index (χ2n) is 8.04. The Balaban J connectivity index is 1.47. The zero-order chi connectivity index (χ0) is 20.4. The van der Waals surface area contributed by atoms with Crippen molar-refractivity contribution in [3.63, 3.8) is 0 Å². The summed E-state index contributed by atoms with van der Waals surface area (Å²) in [5, 5.41) is 3.17. The third-order valence-corrected chi connectivity index (χ3v) is 6.01. The molecule has 5 nitrogen and oxygen atoms in total. The maximum Gasteiger partial charge on any atom is 0.454 e. The highest BCUT2D eigenvalue weighted by Gasteiger charge is 2.37. The quantitative estimate of drug-likeness (QED) is 0.634. The van der Waals surface area contributed by atoms with E-state index in [1.807, 2.05) is 36.4 Å². The second-order valence-corrected chi connectivity index (χ2v) is 8.04. The van der Waals surface area contributed by atoms with Crippen LogP contribution in [0, 0.1) is 5.92 Å². The van der Waals surface area contributed by atoms with Crippen LogP contribution in [0.5, 0.6) is 0 Å². The van der Waals surface area contributed by atoms with Gasteiger partial charge in [0.25, 0.3) is 5.91 Å². The number of amides is 2. The summed E-state index contributed by atoms with van der Waals surface area (Å²) >= 11 is 0. The van der Waals surface area contributed by atoms with Gasteiger partial charge in [0.1, 0.15) is 7.05 Å². The van der Waals surface area contributed by atoms with Crippen molar-refractivity contribution in [2.24, 2.45) is 5.92 Å². The molecular weight excluding hydrogens is 364 g/mol. The minimum absolute atomic E-state index is 0.0361. The van der Waals surface area contributed by atoms with Crippen molar-refractivity contribution in [2.75, 3.05) is 7.05 Å². The highest BCUT2D eigenvalue weighted by Crippen LogP contribution is 2.24. The predicted octanol–water partition coefficient (Wildman–Crippen LogP) is 3.47. The van der Waals surface area contributed by atoms with Crippen LogP contribution in [0.15, 0.2) is 54.3 Å². The fourth-order valence-corrected chi connectivity index (χ4v) is 4.14. The zero-order valence-electron chi connectivity index (χ0n) is 16.9. The summed E-state index contributed by atoms with van der Waals surface area (Å²) in [6.45, 7) is 2.21. The highest BCUT2D eigenvalue weighted by atomic mass is 16.5. The Bertz CT molecular complexity index is 937. The first-order valence-electron chi connectivity index (χ1n) is 10.3.